The van der Waals surface area contributed by atoms with Gasteiger partial charge in [-0.15, -0.1) is 0 Å². The summed E-state index contributed by atoms with van der Waals surface area (Å²) in [5, 5.41) is 10.0. The van der Waals surface area contributed by atoms with Crippen LogP contribution in [-0.2, 0) is 4.74 Å². The van der Waals surface area contributed by atoms with Gasteiger partial charge in [0.25, 0.3) is 0 Å². The summed E-state index contributed by atoms with van der Waals surface area (Å²) >= 11 is 0. The average Bonchev–Trinajstić information content (AvgIpc) is 2.65. The van der Waals surface area contributed by atoms with Gasteiger partial charge in [-0.1, -0.05) is 37.1 Å². The lowest BCUT2D eigenvalue weighted by molar-refractivity contribution is -0.225. The number of carbonyl (C=O) groups excluding carboxylic acids is 2. The van der Waals surface area contributed by atoms with Gasteiger partial charge in [-0.2, -0.15) is 0 Å². The zero-order chi connectivity index (χ0) is 17.3. The highest BCUT2D eigenvalue weighted by molar-refractivity contribution is 6.11. The molecule has 130 valence electrons. The van der Waals surface area contributed by atoms with E-state index in [1.807, 2.05) is 12.1 Å². The minimum Gasteiger partial charge on any atom is -0.366 e. The van der Waals surface area contributed by atoms with Gasteiger partial charge >= 0.3 is 0 Å². The number of hydrogen-bond donors (Lipinski definition) is 1. The SMILES string of the molecule is CC(C)(O)OC1CCCCC1C1CCC(=O)c2ccccc2C1=O. The molecule has 1 aromatic rings. The van der Waals surface area contributed by atoms with Crippen LogP contribution in [0.25, 0.3) is 0 Å². The number of ketones is 2. The Morgan fingerprint density at radius 3 is 2.42 bits per heavy atom. The molecule has 2 aliphatic carbocycles. The third-order valence-corrected chi connectivity index (χ3v) is 5.22. The second kappa shape index (κ2) is 6.77. The van der Waals surface area contributed by atoms with Gasteiger partial charge in [0.05, 0.1) is 6.10 Å². The van der Waals surface area contributed by atoms with Gasteiger partial charge in [-0.3, -0.25) is 9.59 Å². The average molecular weight is 330 g/mol. The number of Topliss-reactive ketones (excluding diaryl/α,β-unsaturated/α-hetero) is 2. The van der Waals surface area contributed by atoms with Crippen molar-refractivity contribution in [3.8, 4) is 0 Å². The Morgan fingerprint density at radius 2 is 1.71 bits per heavy atom. The van der Waals surface area contributed by atoms with Gasteiger partial charge in [-0.05, 0) is 39.0 Å². The zero-order valence-electron chi connectivity index (χ0n) is 14.5. The van der Waals surface area contributed by atoms with Crippen molar-refractivity contribution in [2.75, 3.05) is 0 Å². The monoisotopic (exact) mass is 330 g/mol. The molecule has 1 N–H and O–H groups in total. The molecule has 3 atom stereocenters. The van der Waals surface area contributed by atoms with E-state index in [2.05, 4.69) is 0 Å². The Morgan fingerprint density at radius 1 is 1.04 bits per heavy atom. The number of benzene rings is 1. The van der Waals surface area contributed by atoms with Crippen molar-refractivity contribution in [3.05, 3.63) is 35.4 Å². The van der Waals surface area contributed by atoms with Crippen LogP contribution in [0.5, 0.6) is 0 Å². The van der Waals surface area contributed by atoms with E-state index in [0.717, 1.165) is 25.7 Å². The minimum absolute atomic E-state index is 0.0530. The van der Waals surface area contributed by atoms with Crippen molar-refractivity contribution in [1.82, 2.24) is 0 Å². The molecule has 1 fully saturated rings. The number of hydrogen-bond acceptors (Lipinski definition) is 4. The second-order valence-corrected chi connectivity index (χ2v) is 7.53. The molecule has 0 aliphatic heterocycles. The summed E-state index contributed by atoms with van der Waals surface area (Å²) in [5.74, 6) is -1.23. The first kappa shape index (κ1) is 17.3. The number of aliphatic hydroxyl groups is 1. The normalized spacial score (nSPS) is 28.4. The highest BCUT2D eigenvalue weighted by Crippen LogP contribution is 2.39. The van der Waals surface area contributed by atoms with E-state index in [1.54, 1.807) is 26.0 Å². The molecule has 0 heterocycles. The summed E-state index contributed by atoms with van der Waals surface area (Å²) < 4.78 is 5.87. The highest BCUT2D eigenvalue weighted by atomic mass is 16.6. The molecule has 0 saturated heterocycles. The Hall–Kier alpha value is -1.52. The predicted molar refractivity (Wildman–Crippen MR) is 91.0 cm³/mol. The standard InChI is InChI=1S/C20H26O4/c1-20(2,23)24-18-10-6-5-8-14(18)16-11-12-17(21)13-7-3-4-9-15(13)19(16)22/h3-4,7,9,14,16,18,23H,5-6,8,10-12H2,1-2H3. The highest BCUT2D eigenvalue weighted by Gasteiger charge is 2.40. The molecule has 3 unspecified atom stereocenters. The summed E-state index contributed by atoms with van der Waals surface area (Å²) in [6.07, 6.45) is 4.72. The fraction of sp³-hybridized carbons (Fsp3) is 0.600. The number of rotatable bonds is 3. The van der Waals surface area contributed by atoms with E-state index in [9.17, 15) is 14.7 Å². The van der Waals surface area contributed by atoms with Crippen LogP contribution in [0.4, 0.5) is 0 Å². The topological polar surface area (TPSA) is 63.6 Å². The predicted octanol–water partition coefficient (Wildman–Crippen LogP) is 3.77. The Balaban J connectivity index is 1.90. The van der Waals surface area contributed by atoms with Crippen LogP contribution in [0.15, 0.2) is 24.3 Å². The van der Waals surface area contributed by atoms with Crippen LogP contribution < -0.4 is 0 Å². The first-order chi connectivity index (χ1) is 11.4. The smallest absolute Gasteiger partial charge is 0.167 e. The van der Waals surface area contributed by atoms with Crippen molar-refractivity contribution in [2.24, 2.45) is 11.8 Å². The van der Waals surface area contributed by atoms with Crippen LogP contribution in [0, 0.1) is 11.8 Å². The van der Waals surface area contributed by atoms with E-state index < -0.39 is 5.79 Å². The maximum atomic E-state index is 13.1. The van der Waals surface area contributed by atoms with Gasteiger partial charge in [0, 0.05) is 23.5 Å². The minimum atomic E-state index is -1.21. The number of carbonyl (C=O) groups is 2. The van der Waals surface area contributed by atoms with Gasteiger partial charge in [0.1, 0.15) is 0 Å². The Labute approximate surface area is 143 Å². The molecule has 4 nitrogen and oxygen atoms in total. The zero-order valence-corrected chi connectivity index (χ0v) is 14.5. The molecule has 0 bridgehead atoms. The largest absolute Gasteiger partial charge is 0.366 e. The quantitative estimate of drug-likeness (QED) is 0.677. The lowest BCUT2D eigenvalue weighted by Crippen LogP contribution is -2.41. The maximum absolute atomic E-state index is 13.1. The second-order valence-electron chi connectivity index (χ2n) is 7.53. The molecule has 1 aromatic carbocycles. The van der Waals surface area contributed by atoms with E-state index in [-0.39, 0.29) is 29.5 Å². The molecule has 0 aromatic heterocycles. The van der Waals surface area contributed by atoms with Crippen LogP contribution >= 0.6 is 0 Å². The molecule has 3 rings (SSSR count). The Bertz CT molecular complexity index is 629. The third-order valence-electron chi connectivity index (χ3n) is 5.22. The summed E-state index contributed by atoms with van der Waals surface area (Å²) in [4.78, 5) is 25.5. The van der Waals surface area contributed by atoms with Crippen molar-refractivity contribution < 1.29 is 19.4 Å². The number of fused-ring (bicyclic) bond motifs is 1. The fourth-order valence-electron chi connectivity index (χ4n) is 4.20. The van der Waals surface area contributed by atoms with Crippen molar-refractivity contribution in [3.63, 3.8) is 0 Å². The Kier molecular flexibility index (Phi) is 4.88. The van der Waals surface area contributed by atoms with E-state index in [4.69, 9.17) is 4.74 Å². The first-order valence-corrected chi connectivity index (χ1v) is 8.93. The molecule has 24 heavy (non-hydrogen) atoms. The van der Waals surface area contributed by atoms with E-state index in [0.29, 0.717) is 24.0 Å². The lowest BCUT2D eigenvalue weighted by Gasteiger charge is -2.39. The first-order valence-electron chi connectivity index (χ1n) is 8.93. The van der Waals surface area contributed by atoms with E-state index >= 15 is 0 Å². The van der Waals surface area contributed by atoms with Gasteiger partial charge in [0.2, 0.25) is 0 Å². The summed E-state index contributed by atoms with van der Waals surface area (Å²) in [7, 11) is 0. The molecular formula is C20H26O4. The molecule has 4 heteroatoms. The lowest BCUT2D eigenvalue weighted by atomic mass is 9.73. The molecule has 1 saturated carbocycles. The van der Waals surface area contributed by atoms with Gasteiger partial charge in [0.15, 0.2) is 17.4 Å². The molecule has 0 spiro atoms. The van der Waals surface area contributed by atoms with Crippen LogP contribution in [0.1, 0.15) is 73.1 Å². The van der Waals surface area contributed by atoms with Gasteiger partial charge < -0.3 is 9.84 Å². The summed E-state index contributed by atoms with van der Waals surface area (Å²) in [6.45, 7) is 3.26. The molecular weight excluding hydrogens is 304 g/mol. The van der Waals surface area contributed by atoms with Crippen molar-refractivity contribution in [2.45, 2.75) is 64.3 Å². The summed E-state index contributed by atoms with van der Waals surface area (Å²) in [6, 6.07) is 7.15. The van der Waals surface area contributed by atoms with E-state index in [1.165, 1.54) is 0 Å². The summed E-state index contributed by atoms with van der Waals surface area (Å²) in [5.41, 5.74) is 1.11. The molecule has 2 aliphatic rings. The number of ether oxygens (including phenoxy) is 1. The third kappa shape index (κ3) is 3.60. The maximum Gasteiger partial charge on any atom is 0.167 e. The molecule has 0 amide bonds. The van der Waals surface area contributed by atoms with Crippen LogP contribution in [0.3, 0.4) is 0 Å². The van der Waals surface area contributed by atoms with Gasteiger partial charge in [-0.25, -0.2) is 0 Å². The van der Waals surface area contributed by atoms with Crippen molar-refractivity contribution >= 4 is 11.6 Å². The van der Waals surface area contributed by atoms with Crippen LogP contribution in [-0.4, -0.2) is 28.6 Å². The van der Waals surface area contributed by atoms with Crippen LogP contribution in [0.2, 0.25) is 0 Å². The fourth-order valence-corrected chi connectivity index (χ4v) is 4.20. The molecule has 0 radical (unpaired) electrons. The van der Waals surface area contributed by atoms with Crippen molar-refractivity contribution in [1.29, 1.82) is 0 Å².